The first kappa shape index (κ1) is 15.6. The van der Waals surface area contributed by atoms with Gasteiger partial charge in [0, 0.05) is 50.3 Å². The number of aromatic hydroxyl groups is 1. The molecule has 2 N–H and O–H groups in total. The smallest absolute Gasteiger partial charge is 0.223 e. The van der Waals surface area contributed by atoms with Crippen molar-refractivity contribution < 1.29 is 14.6 Å². The Bertz CT molecular complexity index is 450. The molecule has 19 heavy (non-hydrogen) atoms. The Labute approximate surface area is 118 Å². The van der Waals surface area contributed by atoms with Crippen molar-refractivity contribution in [2.75, 3.05) is 27.7 Å². The highest BCUT2D eigenvalue weighted by atomic mass is 35.5. The summed E-state index contributed by atoms with van der Waals surface area (Å²) in [7, 11) is 4.91. The number of phenols is 1. The SMILES string of the molecule is COc1cc(Cl)cc(CNCCC(=O)N(C)C)c1O. The van der Waals surface area contributed by atoms with E-state index < -0.39 is 0 Å². The predicted octanol–water partition coefficient (Wildman–Crippen LogP) is 1.62. The van der Waals surface area contributed by atoms with E-state index in [1.807, 2.05) is 0 Å². The molecule has 106 valence electrons. The molecule has 0 bridgehead atoms. The number of benzene rings is 1. The average Bonchev–Trinajstić information content (AvgIpc) is 2.37. The zero-order chi connectivity index (χ0) is 14.4. The minimum atomic E-state index is 0.0559. The molecule has 0 aliphatic heterocycles. The minimum Gasteiger partial charge on any atom is -0.504 e. The van der Waals surface area contributed by atoms with Gasteiger partial charge in [0.2, 0.25) is 5.91 Å². The number of carbonyl (C=O) groups is 1. The van der Waals surface area contributed by atoms with Gasteiger partial charge in [0.1, 0.15) is 0 Å². The molecule has 0 aromatic heterocycles. The molecule has 0 atom stereocenters. The van der Waals surface area contributed by atoms with E-state index >= 15 is 0 Å². The van der Waals surface area contributed by atoms with E-state index in [0.29, 0.717) is 35.8 Å². The number of hydrogen-bond acceptors (Lipinski definition) is 4. The number of halogens is 1. The third-order valence-electron chi connectivity index (χ3n) is 2.67. The maximum absolute atomic E-state index is 11.4. The van der Waals surface area contributed by atoms with Crippen LogP contribution >= 0.6 is 11.6 Å². The second-order valence-electron chi connectivity index (χ2n) is 4.33. The molecular weight excluding hydrogens is 268 g/mol. The lowest BCUT2D eigenvalue weighted by molar-refractivity contribution is -0.128. The molecule has 0 unspecified atom stereocenters. The normalized spacial score (nSPS) is 10.3. The summed E-state index contributed by atoms with van der Waals surface area (Å²) in [5, 5.41) is 13.5. The van der Waals surface area contributed by atoms with E-state index in [4.69, 9.17) is 16.3 Å². The van der Waals surface area contributed by atoms with Gasteiger partial charge in [0.05, 0.1) is 7.11 Å². The number of methoxy groups -OCH3 is 1. The van der Waals surface area contributed by atoms with Gasteiger partial charge >= 0.3 is 0 Å². The number of nitrogens with one attached hydrogen (secondary N) is 1. The van der Waals surface area contributed by atoms with Gasteiger partial charge in [0.25, 0.3) is 0 Å². The topological polar surface area (TPSA) is 61.8 Å². The highest BCUT2D eigenvalue weighted by Gasteiger charge is 2.10. The minimum absolute atomic E-state index is 0.0559. The van der Waals surface area contributed by atoms with Gasteiger partial charge in [-0.05, 0) is 6.07 Å². The van der Waals surface area contributed by atoms with Gasteiger partial charge in [-0.25, -0.2) is 0 Å². The molecule has 0 heterocycles. The maximum Gasteiger partial charge on any atom is 0.223 e. The number of phenolic OH excluding ortho intramolecular Hbond substituents is 1. The maximum atomic E-state index is 11.4. The number of nitrogens with zero attached hydrogens (tertiary/aromatic N) is 1. The summed E-state index contributed by atoms with van der Waals surface area (Å²) in [6.07, 6.45) is 0.408. The standard InChI is InChI=1S/C13H19ClN2O3/c1-16(2)12(17)4-5-15-8-9-6-10(14)7-11(19-3)13(9)18/h6-7,15,18H,4-5,8H2,1-3H3. The second-order valence-corrected chi connectivity index (χ2v) is 4.77. The molecular formula is C13H19ClN2O3. The van der Waals surface area contributed by atoms with Crippen molar-refractivity contribution in [3.05, 3.63) is 22.7 Å². The number of amides is 1. The van der Waals surface area contributed by atoms with Crippen LogP contribution in [-0.2, 0) is 11.3 Å². The number of rotatable bonds is 6. The molecule has 0 spiro atoms. The Morgan fingerprint density at radius 1 is 1.47 bits per heavy atom. The molecule has 1 rings (SSSR count). The van der Waals surface area contributed by atoms with Crippen LogP contribution in [-0.4, -0.2) is 43.7 Å². The molecule has 6 heteroatoms. The van der Waals surface area contributed by atoms with Gasteiger partial charge in [-0.2, -0.15) is 0 Å². The van der Waals surface area contributed by atoms with Gasteiger partial charge in [-0.15, -0.1) is 0 Å². The fraction of sp³-hybridized carbons (Fsp3) is 0.462. The Kier molecular flexibility index (Phi) is 5.92. The lowest BCUT2D eigenvalue weighted by Gasteiger charge is -2.12. The summed E-state index contributed by atoms with van der Waals surface area (Å²) in [4.78, 5) is 12.9. The van der Waals surface area contributed by atoms with Crippen molar-refractivity contribution in [2.24, 2.45) is 0 Å². The lowest BCUT2D eigenvalue weighted by atomic mass is 10.2. The lowest BCUT2D eigenvalue weighted by Crippen LogP contribution is -2.26. The monoisotopic (exact) mass is 286 g/mol. The number of hydrogen-bond donors (Lipinski definition) is 2. The second kappa shape index (κ2) is 7.21. The summed E-state index contributed by atoms with van der Waals surface area (Å²) in [6.45, 7) is 0.953. The van der Waals surface area contributed by atoms with Gasteiger partial charge < -0.3 is 20.1 Å². The zero-order valence-electron chi connectivity index (χ0n) is 11.4. The van der Waals surface area contributed by atoms with E-state index in [-0.39, 0.29) is 11.7 Å². The van der Waals surface area contributed by atoms with Crippen LogP contribution in [0.15, 0.2) is 12.1 Å². The fourth-order valence-electron chi connectivity index (χ4n) is 1.56. The van der Waals surface area contributed by atoms with E-state index in [0.717, 1.165) is 0 Å². The summed E-state index contributed by atoms with van der Waals surface area (Å²) >= 11 is 5.93. The largest absolute Gasteiger partial charge is 0.504 e. The molecule has 0 aliphatic carbocycles. The van der Waals surface area contributed by atoms with Crippen LogP contribution in [0.2, 0.25) is 5.02 Å². The van der Waals surface area contributed by atoms with Crippen LogP contribution < -0.4 is 10.1 Å². The molecule has 0 fully saturated rings. The molecule has 0 saturated carbocycles. The predicted molar refractivity (Wildman–Crippen MR) is 74.7 cm³/mol. The summed E-state index contributed by atoms with van der Waals surface area (Å²) < 4.78 is 5.02. The summed E-state index contributed by atoms with van der Waals surface area (Å²) in [5.74, 6) is 0.465. The van der Waals surface area contributed by atoms with Gasteiger partial charge in [0.15, 0.2) is 11.5 Å². The summed E-state index contributed by atoms with van der Waals surface area (Å²) in [6, 6.07) is 3.22. The van der Waals surface area contributed by atoms with Crippen LogP contribution in [0.5, 0.6) is 11.5 Å². The highest BCUT2D eigenvalue weighted by Crippen LogP contribution is 2.33. The van der Waals surface area contributed by atoms with E-state index in [2.05, 4.69) is 5.32 Å². The van der Waals surface area contributed by atoms with Crippen LogP contribution in [0, 0.1) is 0 Å². The first-order valence-corrected chi connectivity index (χ1v) is 6.29. The Morgan fingerprint density at radius 3 is 2.74 bits per heavy atom. The molecule has 5 nitrogen and oxygen atoms in total. The molecule has 0 saturated heterocycles. The van der Waals surface area contributed by atoms with E-state index in [9.17, 15) is 9.90 Å². The third kappa shape index (κ3) is 4.61. The molecule has 1 aromatic rings. The van der Waals surface area contributed by atoms with Crippen molar-refractivity contribution in [1.29, 1.82) is 0 Å². The Morgan fingerprint density at radius 2 is 2.16 bits per heavy atom. The van der Waals surface area contributed by atoms with Crippen LogP contribution in [0.25, 0.3) is 0 Å². The van der Waals surface area contributed by atoms with Crippen molar-refractivity contribution in [1.82, 2.24) is 10.2 Å². The number of carbonyl (C=O) groups excluding carboxylic acids is 1. The zero-order valence-corrected chi connectivity index (χ0v) is 12.1. The van der Waals surface area contributed by atoms with Crippen LogP contribution in [0.3, 0.4) is 0 Å². The van der Waals surface area contributed by atoms with Crippen molar-refractivity contribution in [3.8, 4) is 11.5 Å². The van der Waals surface area contributed by atoms with E-state index in [1.54, 1.807) is 31.1 Å². The van der Waals surface area contributed by atoms with Crippen LogP contribution in [0.1, 0.15) is 12.0 Å². The van der Waals surface area contributed by atoms with Crippen LogP contribution in [0.4, 0.5) is 0 Å². The average molecular weight is 287 g/mol. The molecule has 0 aliphatic rings. The molecule has 1 aromatic carbocycles. The third-order valence-corrected chi connectivity index (χ3v) is 2.89. The first-order chi connectivity index (χ1) is 8.95. The van der Waals surface area contributed by atoms with Gasteiger partial charge in [-0.1, -0.05) is 11.6 Å². The number of ether oxygens (including phenoxy) is 1. The molecule has 1 amide bonds. The van der Waals surface area contributed by atoms with Gasteiger partial charge in [-0.3, -0.25) is 4.79 Å². The summed E-state index contributed by atoms with van der Waals surface area (Å²) in [5.41, 5.74) is 0.640. The first-order valence-electron chi connectivity index (χ1n) is 5.92. The van der Waals surface area contributed by atoms with E-state index in [1.165, 1.54) is 7.11 Å². The fourth-order valence-corrected chi connectivity index (χ4v) is 1.79. The molecule has 0 radical (unpaired) electrons. The highest BCUT2D eigenvalue weighted by molar-refractivity contribution is 6.30. The Balaban J connectivity index is 2.54. The quantitative estimate of drug-likeness (QED) is 0.780. The van der Waals surface area contributed by atoms with Crippen molar-refractivity contribution in [3.63, 3.8) is 0 Å². The Hall–Kier alpha value is -1.46. The van der Waals surface area contributed by atoms with Crippen molar-refractivity contribution >= 4 is 17.5 Å². The van der Waals surface area contributed by atoms with Crippen molar-refractivity contribution in [2.45, 2.75) is 13.0 Å².